The first-order valence-corrected chi connectivity index (χ1v) is 9.01. The van der Waals surface area contributed by atoms with Crippen LogP contribution in [0.5, 0.6) is 0 Å². The highest BCUT2D eigenvalue weighted by Crippen LogP contribution is 2.40. The van der Waals surface area contributed by atoms with Gasteiger partial charge in [0.05, 0.1) is 11.3 Å². The van der Waals surface area contributed by atoms with Gasteiger partial charge in [-0.1, -0.05) is 12.1 Å². The van der Waals surface area contributed by atoms with Gasteiger partial charge in [0, 0.05) is 18.7 Å². The molecule has 0 radical (unpaired) electrons. The maximum atomic E-state index is 12.8. The number of carbonyl (C=O) groups is 3. The molecule has 3 aliphatic heterocycles. The van der Waals surface area contributed by atoms with Crippen molar-refractivity contribution in [1.29, 1.82) is 0 Å². The molecule has 0 saturated carbocycles. The summed E-state index contributed by atoms with van der Waals surface area (Å²) in [4.78, 5) is 38.1. The van der Waals surface area contributed by atoms with E-state index in [1.165, 1.54) is 0 Å². The molecule has 6 heteroatoms. The minimum Gasteiger partial charge on any atom is -0.326 e. The van der Waals surface area contributed by atoms with Crippen LogP contribution in [0.25, 0.3) is 0 Å². The molecular weight excluding hydrogens is 318 g/mol. The van der Waals surface area contributed by atoms with Gasteiger partial charge in [0.15, 0.2) is 0 Å². The minimum absolute atomic E-state index is 0.128. The zero-order valence-electron chi connectivity index (χ0n) is 14.2. The number of amides is 3. The smallest absolute Gasteiger partial charge is 0.231 e. The molecule has 1 aromatic rings. The largest absolute Gasteiger partial charge is 0.326 e. The van der Waals surface area contributed by atoms with Crippen LogP contribution in [-0.2, 0) is 20.8 Å². The molecule has 3 atom stereocenters. The topological polar surface area (TPSA) is 78.5 Å². The number of imide groups is 1. The van der Waals surface area contributed by atoms with E-state index in [1.807, 2.05) is 24.3 Å². The monoisotopic (exact) mass is 341 g/mol. The van der Waals surface area contributed by atoms with Crippen LogP contribution < -0.4 is 10.6 Å². The van der Waals surface area contributed by atoms with Gasteiger partial charge in [-0.3, -0.25) is 19.7 Å². The first kappa shape index (κ1) is 16.3. The van der Waals surface area contributed by atoms with Crippen molar-refractivity contribution in [3.63, 3.8) is 0 Å². The van der Waals surface area contributed by atoms with Gasteiger partial charge in [-0.15, -0.1) is 0 Å². The molecule has 25 heavy (non-hydrogen) atoms. The van der Waals surface area contributed by atoms with Crippen LogP contribution in [0.2, 0.25) is 0 Å². The SMILES string of the molecule is O=C1CC(Cc2ccc(NC(=O)C34CCCN(CC3)C4)cc2)C(=O)N1. The van der Waals surface area contributed by atoms with Crippen molar-refractivity contribution in [3.05, 3.63) is 29.8 Å². The summed E-state index contributed by atoms with van der Waals surface area (Å²) < 4.78 is 0. The Morgan fingerprint density at radius 2 is 2.00 bits per heavy atom. The summed E-state index contributed by atoms with van der Waals surface area (Å²) in [5, 5.41) is 5.40. The lowest BCUT2D eigenvalue weighted by molar-refractivity contribution is -0.127. The molecule has 3 saturated heterocycles. The summed E-state index contributed by atoms with van der Waals surface area (Å²) >= 11 is 0. The molecule has 3 aliphatic rings. The Kier molecular flexibility index (Phi) is 4.07. The van der Waals surface area contributed by atoms with Crippen molar-refractivity contribution in [1.82, 2.24) is 10.2 Å². The van der Waals surface area contributed by atoms with Gasteiger partial charge in [-0.2, -0.15) is 0 Å². The Morgan fingerprint density at radius 1 is 1.20 bits per heavy atom. The molecule has 132 valence electrons. The first-order chi connectivity index (χ1) is 12.0. The van der Waals surface area contributed by atoms with E-state index in [0.29, 0.717) is 6.42 Å². The number of piperidine rings is 1. The highest BCUT2D eigenvalue weighted by atomic mass is 16.2. The molecule has 3 fully saturated rings. The van der Waals surface area contributed by atoms with E-state index >= 15 is 0 Å². The van der Waals surface area contributed by atoms with Gasteiger partial charge < -0.3 is 10.2 Å². The summed E-state index contributed by atoms with van der Waals surface area (Å²) in [6, 6.07) is 7.61. The second kappa shape index (κ2) is 6.26. The lowest BCUT2D eigenvalue weighted by Gasteiger charge is -2.32. The number of hydrogen-bond acceptors (Lipinski definition) is 4. The molecule has 3 unspecified atom stereocenters. The average molecular weight is 341 g/mol. The highest BCUT2D eigenvalue weighted by Gasteiger charge is 2.46. The second-order valence-electron chi connectivity index (χ2n) is 7.58. The minimum atomic E-state index is -0.279. The molecule has 2 bridgehead atoms. The second-order valence-corrected chi connectivity index (χ2v) is 7.58. The highest BCUT2D eigenvalue weighted by molar-refractivity contribution is 6.03. The summed E-state index contributed by atoms with van der Waals surface area (Å²) in [6.07, 6.45) is 3.82. The molecule has 6 nitrogen and oxygen atoms in total. The Hall–Kier alpha value is -2.21. The quantitative estimate of drug-likeness (QED) is 0.810. The molecule has 3 heterocycles. The van der Waals surface area contributed by atoms with Gasteiger partial charge in [0.25, 0.3) is 0 Å². The Bertz CT molecular complexity index is 711. The number of rotatable bonds is 4. The van der Waals surface area contributed by atoms with Crippen LogP contribution in [0.3, 0.4) is 0 Å². The number of anilines is 1. The normalized spacial score (nSPS) is 31.0. The van der Waals surface area contributed by atoms with Crippen molar-refractivity contribution in [3.8, 4) is 0 Å². The lowest BCUT2D eigenvalue weighted by atomic mass is 9.80. The van der Waals surface area contributed by atoms with Crippen molar-refractivity contribution < 1.29 is 14.4 Å². The zero-order valence-corrected chi connectivity index (χ0v) is 14.2. The fraction of sp³-hybridized carbons (Fsp3) is 0.526. The summed E-state index contributed by atoms with van der Waals surface area (Å²) in [5.41, 5.74) is 1.56. The summed E-state index contributed by atoms with van der Waals surface area (Å²) in [7, 11) is 0. The molecular formula is C19H23N3O3. The number of fused-ring (bicyclic) bond motifs is 2. The molecule has 0 aromatic heterocycles. The molecule has 3 amide bonds. The van der Waals surface area contributed by atoms with E-state index in [0.717, 1.165) is 50.1 Å². The molecule has 1 aromatic carbocycles. The van der Waals surface area contributed by atoms with Crippen molar-refractivity contribution in [2.75, 3.05) is 25.0 Å². The molecule has 2 N–H and O–H groups in total. The van der Waals surface area contributed by atoms with Crippen LogP contribution in [0.15, 0.2) is 24.3 Å². The van der Waals surface area contributed by atoms with Gasteiger partial charge in [0.1, 0.15) is 0 Å². The number of nitrogens with zero attached hydrogens (tertiary/aromatic N) is 1. The number of carbonyl (C=O) groups excluding carboxylic acids is 3. The van der Waals surface area contributed by atoms with Gasteiger partial charge in [0.2, 0.25) is 17.7 Å². The lowest BCUT2D eigenvalue weighted by Crippen LogP contribution is -2.42. The van der Waals surface area contributed by atoms with Gasteiger partial charge in [-0.25, -0.2) is 0 Å². The summed E-state index contributed by atoms with van der Waals surface area (Å²) in [6.45, 7) is 3.01. The van der Waals surface area contributed by atoms with E-state index in [2.05, 4.69) is 15.5 Å². The first-order valence-electron chi connectivity index (χ1n) is 9.01. The van der Waals surface area contributed by atoms with Crippen molar-refractivity contribution in [2.45, 2.75) is 32.1 Å². The van der Waals surface area contributed by atoms with Crippen LogP contribution in [-0.4, -0.2) is 42.3 Å². The average Bonchev–Trinajstić information content (AvgIpc) is 3.08. The fourth-order valence-corrected chi connectivity index (χ4v) is 4.34. The Labute approximate surface area is 147 Å². The number of hydrogen-bond donors (Lipinski definition) is 2. The van der Waals surface area contributed by atoms with Gasteiger partial charge >= 0.3 is 0 Å². The Balaban J connectivity index is 1.38. The third-order valence-electron chi connectivity index (χ3n) is 5.80. The van der Waals surface area contributed by atoms with Crippen molar-refractivity contribution >= 4 is 23.4 Å². The molecule has 0 aliphatic carbocycles. The summed E-state index contributed by atoms with van der Waals surface area (Å²) in [5.74, 6) is -0.539. The molecule has 4 rings (SSSR count). The van der Waals surface area contributed by atoms with E-state index in [-0.39, 0.29) is 35.5 Å². The van der Waals surface area contributed by atoms with Crippen LogP contribution >= 0.6 is 0 Å². The van der Waals surface area contributed by atoms with Crippen molar-refractivity contribution in [2.24, 2.45) is 11.3 Å². The van der Waals surface area contributed by atoms with Crippen LogP contribution in [0, 0.1) is 11.3 Å². The third kappa shape index (κ3) is 3.18. The van der Waals surface area contributed by atoms with Crippen LogP contribution in [0.4, 0.5) is 5.69 Å². The van der Waals surface area contributed by atoms with E-state index < -0.39 is 0 Å². The van der Waals surface area contributed by atoms with Gasteiger partial charge in [-0.05, 0) is 56.5 Å². The fourth-order valence-electron chi connectivity index (χ4n) is 4.34. The predicted octanol–water partition coefficient (Wildman–Crippen LogP) is 1.32. The molecule has 0 spiro atoms. The number of nitrogens with one attached hydrogen (secondary N) is 2. The predicted molar refractivity (Wildman–Crippen MR) is 92.8 cm³/mol. The Morgan fingerprint density at radius 3 is 2.72 bits per heavy atom. The van der Waals surface area contributed by atoms with E-state index in [4.69, 9.17) is 0 Å². The zero-order chi connectivity index (χ0) is 17.4. The maximum absolute atomic E-state index is 12.8. The van der Waals surface area contributed by atoms with Crippen LogP contribution in [0.1, 0.15) is 31.2 Å². The number of benzene rings is 1. The standard InChI is InChI=1S/C19H23N3O3/c23-16-11-14(17(24)21-16)10-13-2-4-15(5-3-13)20-18(25)19-6-1-8-22(12-19)9-7-19/h2-5,14H,1,6-12H2,(H,20,25)(H,21,23,24). The van der Waals surface area contributed by atoms with E-state index in [9.17, 15) is 14.4 Å². The third-order valence-corrected chi connectivity index (χ3v) is 5.80. The maximum Gasteiger partial charge on any atom is 0.231 e. The van der Waals surface area contributed by atoms with E-state index in [1.54, 1.807) is 0 Å².